The van der Waals surface area contributed by atoms with Crippen molar-refractivity contribution in [2.45, 2.75) is 11.7 Å². The summed E-state index contributed by atoms with van der Waals surface area (Å²) in [5.74, 6) is 0.857. The number of nitriles is 1. The number of ketones is 1. The first-order valence-corrected chi connectivity index (χ1v) is 8.21. The lowest BCUT2D eigenvalue weighted by atomic mass is 10.1. The van der Waals surface area contributed by atoms with E-state index in [0.29, 0.717) is 17.0 Å². The van der Waals surface area contributed by atoms with E-state index in [2.05, 4.69) is 11.1 Å². The summed E-state index contributed by atoms with van der Waals surface area (Å²) >= 11 is 1.65. The van der Waals surface area contributed by atoms with Crippen molar-refractivity contribution in [3.8, 4) is 17.3 Å². The van der Waals surface area contributed by atoms with E-state index in [4.69, 9.17) is 5.26 Å². The van der Waals surface area contributed by atoms with Gasteiger partial charge in [-0.2, -0.15) is 5.26 Å². The van der Waals surface area contributed by atoms with Gasteiger partial charge in [0.2, 0.25) is 5.78 Å². The number of carbonyl (C=O) groups excluding carboxylic acids is 1. The fourth-order valence-corrected chi connectivity index (χ4v) is 3.41. The van der Waals surface area contributed by atoms with Crippen molar-refractivity contribution in [2.24, 2.45) is 0 Å². The van der Waals surface area contributed by atoms with E-state index in [-0.39, 0.29) is 5.78 Å². The van der Waals surface area contributed by atoms with E-state index in [1.54, 1.807) is 36.2 Å². The molecule has 0 radical (unpaired) electrons. The maximum absolute atomic E-state index is 12.7. The second-order valence-corrected chi connectivity index (χ2v) is 6.49. The summed E-state index contributed by atoms with van der Waals surface area (Å²) in [5.41, 5.74) is 2.61. The number of imidazole rings is 1. The highest BCUT2D eigenvalue weighted by molar-refractivity contribution is 7.99. The zero-order chi connectivity index (χ0) is 16.4. The van der Waals surface area contributed by atoms with Crippen LogP contribution in [-0.4, -0.2) is 40.1 Å². The van der Waals surface area contributed by atoms with Gasteiger partial charge in [0.25, 0.3) is 0 Å². The number of hydrogen-bond donors (Lipinski definition) is 0. The van der Waals surface area contributed by atoms with Crippen molar-refractivity contribution < 1.29 is 4.79 Å². The lowest BCUT2D eigenvalue weighted by Crippen LogP contribution is -2.09. The molecule has 1 aliphatic rings. The van der Waals surface area contributed by atoms with Crippen LogP contribution in [0.25, 0.3) is 11.3 Å². The first-order valence-electron chi connectivity index (χ1n) is 7.23. The molecular weight excluding hydrogens is 308 g/mol. The van der Waals surface area contributed by atoms with Crippen molar-refractivity contribution >= 4 is 17.5 Å². The number of hydrogen-bond acceptors (Lipinski definition) is 5. The molecule has 0 N–H and O–H groups in total. The summed E-state index contributed by atoms with van der Waals surface area (Å²) in [5, 5.41) is 9.95. The van der Waals surface area contributed by atoms with Gasteiger partial charge in [-0.05, 0) is 12.1 Å². The zero-order valence-corrected chi connectivity index (χ0v) is 13.8. The molecule has 5 nitrogen and oxygen atoms in total. The highest BCUT2D eigenvalue weighted by Gasteiger charge is 2.26. The number of rotatable bonds is 4. The van der Waals surface area contributed by atoms with Gasteiger partial charge in [0, 0.05) is 44.2 Å². The molecule has 1 aromatic carbocycles. The molecule has 2 aromatic rings. The van der Waals surface area contributed by atoms with Crippen molar-refractivity contribution in [3.63, 3.8) is 0 Å². The number of allylic oxidation sites excluding steroid dienone is 1. The molecule has 0 fully saturated rings. The molecule has 0 saturated carbocycles. The number of aromatic nitrogens is 2. The predicted molar refractivity (Wildman–Crippen MR) is 90.3 cm³/mol. The summed E-state index contributed by atoms with van der Waals surface area (Å²) in [4.78, 5) is 19.1. The minimum atomic E-state index is -0.0719. The Bertz CT molecular complexity index is 830. The Labute approximate surface area is 139 Å². The molecule has 0 unspecified atom stereocenters. The van der Waals surface area contributed by atoms with Crippen LogP contribution in [0.15, 0.2) is 41.7 Å². The number of fused-ring (bicyclic) bond motifs is 1. The van der Waals surface area contributed by atoms with Crippen LogP contribution in [0.3, 0.4) is 0 Å². The summed E-state index contributed by atoms with van der Waals surface area (Å²) in [6.45, 7) is 0.780. The van der Waals surface area contributed by atoms with E-state index < -0.39 is 0 Å². The van der Waals surface area contributed by atoms with E-state index in [9.17, 15) is 4.79 Å². The molecule has 3 rings (SSSR count). The highest BCUT2D eigenvalue weighted by atomic mass is 32.2. The fourth-order valence-electron chi connectivity index (χ4n) is 2.46. The number of benzene rings is 1. The van der Waals surface area contributed by atoms with Crippen molar-refractivity contribution in [1.29, 1.82) is 5.26 Å². The average Bonchev–Trinajstić information content (AvgIpc) is 3.13. The van der Waals surface area contributed by atoms with E-state index in [1.165, 1.54) is 0 Å². The van der Waals surface area contributed by atoms with Crippen LogP contribution in [-0.2, 0) is 6.54 Å². The Morgan fingerprint density at radius 1 is 1.48 bits per heavy atom. The first-order chi connectivity index (χ1) is 11.1. The van der Waals surface area contributed by atoms with Crippen molar-refractivity contribution in [1.82, 2.24) is 14.5 Å². The van der Waals surface area contributed by atoms with Crippen molar-refractivity contribution in [2.75, 3.05) is 19.8 Å². The Morgan fingerprint density at radius 3 is 3.04 bits per heavy atom. The Morgan fingerprint density at radius 2 is 2.30 bits per heavy atom. The number of thioether (sulfide) groups is 1. The summed E-state index contributed by atoms with van der Waals surface area (Å²) in [6, 6.07) is 9.35. The molecule has 0 bridgehead atoms. The van der Waals surface area contributed by atoms with Crippen LogP contribution < -0.4 is 0 Å². The van der Waals surface area contributed by atoms with E-state index in [0.717, 1.165) is 23.0 Å². The van der Waals surface area contributed by atoms with E-state index in [1.807, 2.05) is 35.7 Å². The smallest absolute Gasteiger partial charge is 0.205 e. The van der Waals surface area contributed by atoms with Crippen molar-refractivity contribution in [3.05, 3.63) is 47.8 Å². The van der Waals surface area contributed by atoms with Crippen LogP contribution in [0.1, 0.15) is 16.1 Å². The lowest BCUT2D eigenvalue weighted by Gasteiger charge is -2.06. The summed E-state index contributed by atoms with van der Waals surface area (Å²) in [7, 11) is 3.75. The quantitative estimate of drug-likeness (QED) is 0.639. The third kappa shape index (κ3) is 3.01. The zero-order valence-electron chi connectivity index (χ0n) is 13.0. The highest BCUT2D eigenvalue weighted by Crippen LogP contribution is 2.33. The molecule has 0 aliphatic carbocycles. The van der Waals surface area contributed by atoms with Crippen LogP contribution >= 0.6 is 11.8 Å². The minimum Gasteiger partial charge on any atom is -0.383 e. The fraction of sp³-hybridized carbons (Fsp3) is 0.235. The molecule has 0 saturated heterocycles. The molecule has 2 heterocycles. The SMILES string of the molecule is CN(C)C=CC(=O)c1c(-c2cccc(C#N)c2)nc2n1CCS2. The van der Waals surface area contributed by atoms with Gasteiger partial charge in [-0.3, -0.25) is 4.79 Å². The third-order valence-corrected chi connectivity index (χ3v) is 4.46. The number of nitrogens with zero attached hydrogens (tertiary/aromatic N) is 4. The maximum Gasteiger partial charge on any atom is 0.205 e. The molecule has 116 valence electrons. The van der Waals surface area contributed by atoms with Crippen LogP contribution in [0, 0.1) is 11.3 Å². The van der Waals surface area contributed by atoms with Crippen LogP contribution in [0.5, 0.6) is 0 Å². The Balaban J connectivity index is 2.11. The van der Waals surface area contributed by atoms with Gasteiger partial charge in [0.15, 0.2) is 5.16 Å². The maximum atomic E-state index is 12.7. The van der Waals surface area contributed by atoms with Gasteiger partial charge in [-0.1, -0.05) is 23.9 Å². The van der Waals surface area contributed by atoms with E-state index >= 15 is 0 Å². The van der Waals surface area contributed by atoms with Gasteiger partial charge in [-0.15, -0.1) is 0 Å². The van der Waals surface area contributed by atoms with Gasteiger partial charge in [0.1, 0.15) is 11.4 Å². The van der Waals surface area contributed by atoms with Gasteiger partial charge in [-0.25, -0.2) is 4.98 Å². The number of carbonyl (C=O) groups is 1. The lowest BCUT2D eigenvalue weighted by molar-refractivity contribution is 0.103. The molecule has 6 heteroatoms. The molecular formula is C17H16N4OS. The first kappa shape index (κ1) is 15.4. The largest absolute Gasteiger partial charge is 0.383 e. The average molecular weight is 324 g/mol. The van der Waals surface area contributed by atoms with Crippen LogP contribution in [0.4, 0.5) is 0 Å². The molecule has 1 aromatic heterocycles. The molecule has 0 spiro atoms. The molecule has 23 heavy (non-hydrogen) atoms. The van der Waals surface area contributed by atoms with Gasteiger partial charge in [0.05, 0.1) is 11.6 Å². The third-order valence-electron chi connectivity index (χ3n) is 3.50. The summed E-state index contributed by atoms with van der Waals surface area (Å²) in [6.07, 6.45) is 3.30. The van der Waals surface area contributed by atoms with Gasteiger partial charge >= 0.3 is 0 Å². The molecule has 1 aliphatic heterocycles. The normalized spacial score (nSPS) is 13.1. The molecule has 0 amide bonds. The summed E-state index contributed by atoms with van der Waals surface area (Å²) < 4.78 is 1.97. The van der Waals surface area contributed by atoms with Gasteiger partial charge < -0.3 is 9.47 Å². The minimum absolute atomic E-state index is 0.0719. The monoisotopic (exact) mass is 324 g/mol. The Kier molecular flexibility index (Phi) is 4.22. The standard InChI is InChI=1S/C17H16N4OS/c1-20(2)7-6-14(22)16-15(19-17-21(16)8-9-23-17)13-5-3-4-12(10-13)11-18/h3-7,10H,8-9H2,1-2H3. The molecule has 0 atom stereocenters. The second kappa shape index (κ2) is 6.31. The second-order valence-electron chi connectivity index (χ2n) is 5.43. The Hall–Kier alpha value is -2.52. The predicted octanol–water partition coefficient (Wildman–Crippen LogP) is 2.79. The van der Waals surface area contributed by atoms with Crippen LogP contribution in [0.2, 0.25) is 0 Å². The topological polar surface area (TPSA) is 61.9 Å².